The molecule has 0 aromatic heterocycles. The molecule has 1 aromatic carbocycles. The van der Waals surface area contributed by atoms with E-state index >= 15 is 0 Å². The third-order valence-electron chi connectivity index (χ3n) is 1.85. The molecule has 0 saturated carbocycles. The maximum Gasteiger partial charge on any atom is 0.404 e. The Hall–Kier alpha value is -1.78. The first-order valence-electron chi connectivity index (χ1n) is 4.38. The van der Waals surface area contributed by atoms with E-state index in [-0.39, 0.29) is 12.4 Å². The molecule has 0 unspecified atom stereocenters. The lowest BCUT2D eigenvalue weighted by molar-refractivity contribution is 0.158. The van der Waals surface area contributed by atoms with Crippen molar-refractivity contribution in [1.29, 1.82) is 0 Å². The number of benzene rings is 1. The smallest absolute Gasteiger partial charge is 0.404 e. The monoisotopic (exact) mass is 213 g/mol. The van der Waals surface area contributed by atoms with Crippen LogP contribution in [0.1, 0.15) is 5.56 Å². The lowest BCUT2D eigenvalue weighted by Crippen LogP contribution is -2.14. The van der Waals surface area contributed by atoms with Gasteiger partial charge in [-0.25, -0.2) is 9.18 Å². The van der Waals surface area contributed by atoms with Crippen LogP contribution in [-0.4, -0.2) is 19.8 Å². The molecule has 1 rings (SSSR count). The number of rotatable bonds is 4. The zero-order valence-electron chi connectivity index (χ0n) is 8.33. The van der Waals surface area contributed by atoms with Crippen LogP contribution in [-0.2, 0) is 11.2 Å². The molecule has 0 atom stereocenters. The standard InChI is InChI=1S/C10H12FNO3/c1-14-9-3-2-7(6-8(9)11)4-5-15-10(12)13/h2-3,6H,4-5H2,1H3,(H2,12,13). The van der Waals surface area contributed by atoms with Crippen LogP contribution in [0.25, 0.3) is 0 Å². The molecule has 0 heterocycles. The molecule has 0 bridgehead atoms. The molecule has 0 aliphatic rings. The van der Waals surface area contributed by atoms with Gasteiger partial charge in [0.2, 0.25) is 0 Å². The van der Waals surface area contributed by atoms with Gasteiger partial charge in [-0.05, 0) is 17.7 Å². The van der Waals surface area contributed by atoms with E-state index in [2.05, 4.69) is 4.74 Å². The van der Waals surface area contributed by atoms with Crippen LogP contribution in [0.3, 0.4) is 0 Å². The van der Waals surface area contributed by atoms with Gasteiger partial charge < -0.3 is 15.2 Å². The maximum atomic E-state index is 13.2. The van der Waals surface area contributed by atoms with Crippen molar-refractivity contribution in [3.63, 3.8) is 0 Å². The minimum Gasteiger partial charge on any atom is -0.494 e. The Balaban J connectivity index is 2.55. The summed E-state index contributed by atoms with van der Waals surface area (Å²) in [4.78, 5) is 10.3. The molecule has 4 nitrogen and oxygen atoms in total. The second kappa shape index (κ2) is 5.19. The van der Waals surface area contributed by atoms with Crippen LogP contribution < -0.4 is 10.5 Å². The number of halogens is 1. The number of ether oxygens (including phenoxy) is 2. The molecular formula is C10H12FNO3. The number of methoxy groups -OCH3 is 1. The fourth-order valence-electron chi connectivity index (χ4n) is 1.13. The lowest BCUT2D eigenvalue weighted by Gasteiger charge is -2.05. The molecule has 0 fully saturated rings. The normalized spacial score (nSPS) is 9.73. The summed E-state index contributed by atoms with van der Waals surface area (Å²) >= 11 is 0. The average Bonchev–Trinajstić information content (AvgIpc) is 2.17. The number of nitrogens with two attached hydrogens (primary N) is 1. The number of carbonyl (C=O) groups excluding carboxylic acids is 1. The molecule has 5 heteroatoms. The highest BCUT2D eigenvalue weighted by Gasteiger charge is 2.03. The summed E-state index contributed by atoms with van der Waals surface area (Å²) in [5.74, 6) is -0.247. The van der Waals surface area contributed by atoms with Gasteiger partial charge in [0.1, 0.15) is 0 Å². The Kier molecular flexibility index (Phi) is 3.91. The highest BCUT2D eigenvalue weighted by Crippen LogP contribution is 2.17. The van der Waals surface area contributed by atoms with Gasteiger partial charge in [-0.2, -0.15) is 0 Å². The first kappa shape index (κ1) is 11.3. The third-order valence-corrected chi connectivity index (χ3v) is 1.85. The summed E-state index contributed by atoms with van der Waals surface area (Å²) in [6.45, 7) is 0.140. The summed E-state index contributed by atoms with van der Waals surface area (Å²) in [6.07, 6.45) is -0.409. The van der Waals surface area contributed by atoms with Crippen LogP contribution in [0.5, 0.6) is 5.75 Å². The summed E-state index contributed by atoms with van der Waals surface area (Å²) in [5.41, 5.74) is 5.49. The van der Waals surface area contributed by atoms with Gasteiger partial charge in [0.25, 0.3) is 0 Å². The number of carbonyl (C=O) groups is 1. The van der Waals surface area contributed by atoms with Crippen LogP contribution in [0.2, 0.25) is 0 Å². The van der Waals surface area contributed by atoms with E-state index < -0.39 is 11.9 Å². The number of hydrogen-bond donors (Lipinski definition) is 1. The van der Waals surface area contributed by atoms with Crippen molar-refractivity contribution in [2.24, 2.45) is 5.73 Å². The summed E-state index contributed by atoms with van der Waals surface area (Å²) in [6, 6.07) is 4.56. The molecule has 0 aliphatic carbocycles. The van der Waals surface area contributed by atoms with E-state index in [0.717, 1.165) is 5.56 Å². The Morgan fingerprint density at radius 1 is 1.53 bits per heavy atom. The van der Waals surface area contributed by atoms with Gasteiger partial charge in [0.05, 0.1) is 13.7 Å². The van der Waals surface area contributed by atoms with Gasteiger partial charge in [-0.3, -0.25) is 0 Å². The highest BCUT2D eigenvalue weighted by atomic mass is 19.1. The van der Waals surface area contributed by atoms with Crippen molar-refractivity contribution < 1.29 is 18.7 Å². The summed E-state index contributed by atoms with van der Waals surface area (Å²) in [7, 11) is 1.40. The zero-order valence-corrected chi connectivity index (χ0v) is 8.33. The first-order chi connectivity index (χ1) is 7.13. The minimum atomic E-state index is -0.830. The second-order valence-corrected chi connectivity index (χ2v) is 2.89. The molecule has 0 aliphatic heterocycles. The Morgan fingerprint density at radius 2 is 2.27 bits per heavy atom. The van der Waals surface area contributed by atoms with Crippen LogP contribution in [0.15, 0.2) is 18.2 Å². The molecule has 82 valence electrons. The third kappa shape index (κ3) is 3.46. The first-order valence-corrected chi connectivity index (χ1v) is 4.38. The van der Waals surface area contributed by atoms with E-state index in [1.165, 1.54) is 19.2 Å². The van der Waals surface area contributed by atoms with Gasteiger partial charge in [-0.15, -0.1) is 0 Å². The quantitative estimate of drug-likeness (QED) is 0.823. The van der Waals surface area contributed by atoms with Crippen LogP contribution >= 0.6 is 0 Å². The van der Waals surface area contributed by atoms with E-state index in [0.29, 0.717) is 6.42 Å². The second-order valence-electron chi connectivity index (χ2n) is 2.89. The number of hydrogen-bond acceptors (Lipinski definition) is 3. The molecular weight excluding hydrogens is 201 g/mol. The molecule has 0 radical (unpaired) electrons. The predicted octanol–water partition coefficient (Wildman–Crippen LogP) is 1.47. The van der Waals surface area contributed by atoms with E-state index in [1.807, 2.05) is 0 Å². The van der Waals surface area contributed by atoms with Gasteiger partial charge >= 0.3 is 6.09 Å². The van der Waals surface area contributed by atoms with E-state index in [1.54, 1.807) is 6.07 Å². The van der Waals surface area contributed by atoms with Crippen molar-refractivity contribution in [2.75, 3.05) is 13.7 Å². The highest BCUT2D eigenvalue weighted by molar-refractivity contribution is 5.64. The van der Waals surface area contributed by atoms with Gasteiger partial charge in [-0.1, -0.05) is 6.07 Å². The number of amides is 1. The lowest BCUT2D eigenvalue weighted by atomic mass is 10.1. The molecule has 15 heavy (non-hydrogen) atoms. The Bertz CT molecular complexity index is 355. The Labute approximate surface area is 86.8 Å². The van der Waals surface area contributed by atoms with Crippen molar-refractivity contribution in [1.82, 2.24) is 0 Å². The summed E-state index contributed by atoms with van der Waals surface area (Å²) < 4.78 is 22.5. The minimum absolute atomic E-state index is 0.140. The molecule has 0 spiro atoms. The number of primary amides is 1. The predicted molar refractivity (Wildman–Crippen MR) is 52.2 cm³/mol. The largest absolute Gasteiger partial charge is 0.494 e. The SMILES string of the molecule is COc1ccc(CCOC(N)=O)cc1F. The van der Waals surface area contributed by atoms with Crippen molar-refractivity contribution >= 4 is 6.09 Å². The molecule has 0 saturated heterocycles. The van der Waals surface area contributed by atoms with E-state index in [9.17, 15) is 9.18 Å². The topological polar surface area (TPSA) is 61.6 Å². The maximum absolute atomic E-state index is 13.2. The molecule has 1 amide bonds. The van der Waals surface area contributed by atoms with Crippen LogP contribution in [0.4, 0.5) is 9.18 Å². The fourth-order valence-corrected chi connectivity index (χ4v) is 1.13. The van der Waals surface area contributed by atoms with Gasteiger partial charge in [0, 0.05) is 6.42 Å². The van der Waals surface area contributed by atoms with Crippen LogP contribution in [0, 0.1) is 5.82 Å². The Morgan fingerprint density at radius 3 is 2.80 bits per heavy atom. The van der Waals surface area contributed by atoms with Gasteiger partial charge in [0.15, 0.2) is 11.6 Å². The molecule has 1 aromatic rings. The molecule has 2 N–H and O–H groups in total. The summed E-state index contributed by atoms with van der Waals surface area (Å²) in [5, 5.41) is 0. The fraction of sp³-hybridized carbons (Fsp3) is 0.300. The van der Waals surface area contributed by atoms with E-state index in [4.69, 9.17) is 10.5 Å². The van der Waals surface area contributed by atoms with Crippen molar-refractivity contribution in [2.45, 2.75) is 6.42 Å². The average molecular weight is 213 g/mol. The van der Waals surface area contributed by atoms with Crippen molar-refractivity contribution in [3.8, 4) is 5.75 Å². The zero-order chi connectivity index (χ0) is 11.3. The van der Waals surface area contributed by atoms with Crippen molar-refractivity contribution in [3.05, 3.63) is 29.6 Å².